The van der Waals surface area contributed by atoms with E-state index in [1.54, 1.807) is 29.1 Å². The minimum atomic E-state index is -5.93. The minimum absolute atomic E-state index is 0.160. The fourth-order valence-corrected chi connectivity index (χ4v) is 4.73. The SMILES string of the molecule is CCOC(=O)c1cc(-c2nccs2)c2n1CCc1cc(OC)c(OS(=O)(=O)C(F)(F)F)cc1-2. The van der Waals surface area contributed by atoms with E-state index in [0.29, 0.717) is 40.4 Å². The Labute approximate surface area is 190 Å². The first-order chi connectivity index (χ1) is 15.6. The molecule has 0 saturated heterocycles. The number of alkyl halides is 3. The van der Waals surface area contributed by atoms with Gasteiger partial charge in [0.1, 0.15) is 10.7 Å². The lowest BCUT2D eigenvalue weighted by molar-refractivity contribution is -0.0500. The minimum Gasteiger partial charge on any atom is -0.493 e. The van der Waals surface area contributed by atoms with Crippen LogP contribution in [0.4, 0.5) is 13.2 Å². The van der Waals surface area contributed by atoms with Gasteiger partial charge in [-0.3, -0.25) is 0 Å². The Bertz CT molecular complexity index is 1310. The molecule has 1 aliphatic heterocycles. The monoisotopic (exact) mass is 502 g/mol. The molecular weight excluding hydrogens is 485 g/mol. The second-order valence-electron chi connectivity index (χ2n) is 6.89. The van der Waals surface area contributed by atoms with Crippen LogP contribution < -0.4 is 8.92 Å². The van der Waals surface area contributed by atoms with E-state index in [1.807, 2.05) is 0 Å². The molecule has 8 nitrogen and oxygen atoms in total. The van der Waals surface area contributed by atoms with Crippen LogP contribution in [0.1, 0.15) is 23.0 Å². The average Bonchev–Trinajstić information content (AvgIpc) is 3.40. The van der Waals surface area contributed by atoms with Crippen LogP contribution in [0.15, 0.2) is 29.8 Å². The van der Waals surface area contributed by atoms with Gasteiger partial charge in [-0.25, -0.2) is 9.78 Å². The smallest absolute Gasteiger partial charge is 0.493 e. The second-order valence-corrected chi connectivity index (χ2v) is 9.33. The van der Waals surface area contributed by atoms with Crippen LogP contribution in [0.5, 0.6) is 11.5 Å². The number of carbonyl (C=O) groups excluding carboxylic acids is 1. The second kappa shape index (κ2) is 8.37. The van der Waals surface area contributed by atoms with E-state index in [2.05, 4.69) is 9.17 Å². The number of halogens is 3. The number of carbonyl (C=O) groups is 1. The van der Waals surface area contributed by atoms with Crippen molar-refractivity contribution in [1.82, 2.24) is 9.55 Å². The number of esters is 1. The highest BCUT2D eigenvalue weighted by atomic mass is 32.2. The maximum atomic E-state index is 12.9. The van der Waals surface area contributed by atoms with Gasteiger partial charge in [-0.2, -0.15) is 21.6 Å². The molecule has 33 heavy (non-hydrogen) atoms. The van der Waals surface area contributed by atoms with Gasteiger partial charge in [-0.05, 0) is 37.1 Å². The molecule has 0 aliphatic carbocycles. The number of benzene rings is 1. The number of hydrogen-bond acceptors (Lipinski definition) is 8. The molecule has 4 rings (SSSR count). The van der Waals surface area contributed by atoms with Gasteiger partial charge in [-0.15, -0.1) is 11.3 Å². The zero-order chi connectivity index (χ0) is 24.0. The van der Waals surface area contributed by atoms with Crippen molar-refractivity contribution in [3.8, 4) is 33.3 Å². The molecule has 3 heterocycles. The Morgan fingerprint density at radius 3 is 2.58 bits per heavy atom. The Kier molecular flexibility index (Phi) is 5.86. The van der Waals surface area contributed by atoms with E-state index in [1.165, 1.54) is 30.6 Å². The van der Waals surface area contributed by atoms with Gasteiger partial charge in [0.15, 0.2) is 11.5 Å². The average molecular weight is 502 g/mol. The van der Waals surface area contributed by atoms with Gasteiger partial charge in [0.2, 0.25) is 0 Å². The van der Waals surface area contributed by atoms with Gasteiger partial charge in [0.05, 0.1) is 19.4 Å². The van der Waals surface area contributed by atoms with Crippen LogP contribution in [0.25, 0.3) is 21.8 Å². The highest BCUT2D eigenvalue weighted by Gasteiger charge is 2.49. The largest absolute Gasteiger partial charge is 0.534 e. The van der Waals surface area contributed by atoms with Gasteiger partial charge in [-0.1, -0.05) is 0 Å². The van der Waals surface area contributed by atoms with Crippen LogP contribution in [-0.4, -0.2) is 43.2 Å². The molecule has 0 spiro atoms. The van der Waals surface area contributed by atoms with Crippen molar-refractivity contribution in [2.75, 3.05) is 13.7 Å². The van der Waals surface area contributed by atoms with E-state index in [9.17, 15) is 26.4 Å². The molecule has 0 fully saturated rings. The van der Waals surface area contributed by atoms with E-state index in [4.69, 9.17) is 9.47 Å². The summed E-state index contributed by atoms with van der Waals surface area (Å²) in [7, 11) is -4.73. The predicted octanol–water partition coefficient (Wildman–Crippen LogP) is 4.25. The Morgan fingerprint density at radius 2 is 1.97 bits per heavy atom. The molecular formula is C20H17F3N2O6S2. The standard InChI is InChI=1S/C20H17F3N2O6S2/c1-3-30-19(26)14-9-13(18-24-5-7-32-18)17-12-10-16(31-33(27,28)20(21,22)23)15(29-2)8-11(12)4-6-25(14)17/h5,7-10H,3-4,6H2,1-2H3. The van der Waals surface area contributed by atoms with Crippen molar-refractivity contribution in [3.05, 3.63) is 41.0 Å². The molecule has 0 unspecified atom stereocenters. The molecule has 13 heteroatoms. The summed E-state index contributed by atoms with van der Waals surface area (Å²) >= 11 is 1.31. The number of thiazole rings is 1. The molecule has 3 aromatic rings. The summed E-state index contributed by atoms with van der Waals surface area (Å²) in [5, 5.41) is 2.31. The Morgan fingerprint density at radius 1 is 1.21 bits per heavy atom. The number of ether oxygens (including phenoxy) is 2. The molecule has 1 aliphatic rings. The number of hydrogen-bond donors (Lipinski definition) is 0. The number of nitrogens with zero attached hydrogens (tertiary/aromatic N) is 2. The summed E-state index contributed by atoms with van der Waals surface area (Å²) in [6.07, 6.45) is 1.99. The van der Waals surface area contributed by atoms with Crippen molar-refractivity contribution in [3.63, 3.8) is 0 Å². The van der Waals surface area contributed by atoms with E-state index >= 15 is 0 Å². The lowest BCUT2D eigenvalue weighted by Crippen LogP contribution is -2.28. The summed E-state index contributed by atoms with van der Waals surface area (Å²) in [5.41, 5.74) is -3.23. The molecule has 0 amide bonds. The van der Waals surface area contributed by atoms with Gasteiger partial charge in [0.25, 0.3) is 0 Å². The zero-order valence-electron chi connectivity index (χ0n) is 17.3. The lowest BCUT2D eigenvalue weighted by Gasteiger charge is -2.24. The predicted molar refractivity (Wildman–Crippen MR) is 113 cm³/mol. The van der Waals surface area contributed by atoms with Crippen LogP contribution in [0.2, 0.25) is 0 Å². The third-order valence-corrected chi connectivity index (χ3v) is 6.75. The lowest BCUT2D eigenvalue weighted by atomic mass is 9.95. The van der Waals surface area contributed by atoms with Gasteiger partial charge in [0, 0.05) is 29.2 Å². The first-order valence-corrected chi connectivity index (χ1v) is 11.9. The molecule has 0 saturated carbocycles. The number of aryl methyl sites for hydroxylation is 1. The first-order valence-electron chi connectivity index (χ1n) is 9.60. The van der Waals surface area contributed by atoms with Crippen LogP contribution >= 0.6 is 11.3 Å². The van der Waals surface area contributed by atoms with Crippen molar-refractivity contribution in [1.29, 1.82) is 0 Å². The number of aromatic nitrogens is 2. The maximum absolute atomic E-state index is 12.9. The number of rotatable bonds is 6. The molecule has 0 bridgehead atoms. The van der Waals surface area contributed by atoms with Gasteiger partial charge < -0.3 is 18.2 Å². The molecule has 176 valence electrons. The van der Waals surface area contributed by atoms with Crippen molar-refractivity contribution in [2.45, 2.75) is 25.4 Å². The summed E-state index contributed by atoms with van der Waals surface area (Å²) in [4.78, 5) is 16.9. The van der Waals surface area contributed by atoms with Crippen LogP contribution in [-0.2, 0) is 27.8 Å². The number of fused-ring (bicyclic) bond motifs is 3. The fraction of sp³-hybridized carbons (Fsp3) is 0.300. The molecule has 1 aromatic carbocycles. The van der Waals surface area contributed by atoms with Crippen molar-refractivity contribution >= 4 is 27.4 Å². The highest BCUT2D eigenvalue weighted by Crippen LogP contribution is 2.45. The molecule has 0 atom stereocenters. The van der Waals surface area contributed by atoms with E-state index < -0.39 is 27.3 Å². The van der Waals surface area contributed by atoms with Crippen LogP contribution in [0.3, 0.4) is 0 Å². The molecule has 0 radical (unpaired) electrons. The summed E-state index contributed by atoms with van der Waals surface area (Å²) in [6, 6.07) is 4.22. The quantitative estimate of drug-likeness (QED) is 0.282. The third kappa shape index (κ3) is 4.06. The molecule has 0 N–H and O–H groups in total. The first kappa shape index (κ1) is 23.1. The maximum Gasteiger partial charge on any atom is 0.534 e. The normalized spacial score (nSPS) is 13.2. The van der Waals surface area contributed by atoms with Crippen molar-refractivity contribution in [2.24, 2.45) is 0 Å². The van der Waals surface area contributed by atoms with E-state index in [-0.39, 0.29) is 18.1 Å². The zero-order valence-corrected chi connectivity index (χ0v) is 18.9. The van der Waals surface area contributed by atoms with Gasteiger partial charge >= 0.3 is 21.6 Å². The molecule has 2 aromatic heterocycles. The Hall–Kier alpha value is -3.06. The summed E-state index contributed by atoms with van der Waals surface area (Å²) < 4.78 is 78.4. The summed E-state index contributed by atoms with van der Waals surface area (Å²) in [6.45, 7) is 2.21. The van der Waals surface area contributed by atoms with Crippen LogP contribution in [0, 0.1) is 0 Å². The Balaban J connectivity index is 1.93. The highest BCUT2D eigenvalue weighted by molar-refractivity contribution is 7.88. The third-order valence-electron chi connectivity index (χ3n) is 4.98. The fourth-order valence-electron chi connectivity index (χ4n) is 3.62. The summed E-state index contributed by atoms with van der Waals surface area (Å²) in [5.74, 6) is -1.34. The number of methoxy groups -OCH3 is 1. The van der Waals surface area contributed by atoms with E-state index in [0.717, 1.165) is 0 Å². The van der Waals surface area contributed by atoms with Crippen molar-refractivity contribution < 1.29 is 40.0 Å². The topological polar surface area (TPSA) is 96.7 Å².